The Balaban J connectivity index is 1.46. The summed E-state index contributed by atoms with van der Waals surface area (Å²) in [6.07, 6.45) is 1.08. The predicted molar refractivity (Wildman–Crippen MR) is 99.4 cm³/mol. The standard InChI is InChI=1S/C21H25FN2O2/c22-18-8-10-19(11-9-18)26-12-4-7-21(25)24-14-17(13-23)20(15-24)16-5-2-1-3-6-16/h1-3,5-6,8-11,17,20H,4,7,12-15,23H2/t17-,20+/m1/s1. The lowest BCUT2D eigenvalue weighted by Gasteiger charge is -2.17. The van der Waals surface area contributed by atoms with E-state index in [4.69, 9.17) is 10.5 Å². The minimum Gasteiger partial charge on any atom is -0.494 e. The molecule has 1 heterocycles. The molecule has 2 aromatic carbocycles. The average molecular weight is 356 g/mol. The zero-order valence-corrected chi connectivity index (χ0v) is 14.8. The minimum atomic E-state index is -0.288. The van der Waals surface area contributed by atoms with Gasteiger partial charge in [0.05, 0.1) is 6.61 Å². The summed E-state index contributed by atoms with van der Waals surface area (Å²) < 4.78 is 18.4. The van der Waals surface area contributed by atoms with Crippen LogP contribution in [0.3, 0.4) is 0 Å². The van der Waals surface area contributed by atoms with Gasteiger partial charge in [0.15, 0.2) is 0 Å². The van der Waals surface area contributed by atoms with Gasteiger partial charge >= 0.3 is 0 Å². The summed E-state index contributed by atoms with van der Waals surface area (Å²) in [6.45, 7) is 2.46. The van der Waals surface area contributed by atoms with Crippen molar-refractivity contribution in [2.24, 2.45) is 11.7 Å². The monoisotopic (exact) mass is 356 g/mol. The van der Waals surface area contributed by atoms with Gasteiger partial charge in [0.1, 0.15) is 11.6 Å². The smallest absolute Gasteiger partial charge is 0.222 e. The molecular formula is C21H25FN2O2. The zero-order valence-electron chi connectivity index (χ0n) is 14.8. The lowest BCUT2D eigenvalue weighted by atomic mass is 9.89. The Morgan fingerprint density at radius 2 is 1.85 bits per heavy atom. The van der Waals surface area contributed by atoms with Crippen molar-refractivity contribution in [3.05, 3.63) is 66.0 Å². The van der Waals surface area contributed by atoms with Crippen LogP contribution in [0.25, 0.3) is 0 Å². The van der Waals surface area contributed by atoms with Gasteiger partial charge < -0.3 is 15.4 Å². The molecule has 0 aliphatic carbocycles. The topological polar surface area (TPSA) is 55.6 Å². The van der Waals surface area contributed by atoms with E-state index in [2.05, 4.69) is 12.1 Å². The van der Waals surface area contributed by atoms with E-state index >= 15 is 0 Å². The molecule has 0 radical (unpaired) electrons. The first-order valence-electron chi connectivity index (χ1n) is 9.08. The number of carbonyl (C=O) groups excluding carboxylic acids is 1. The van der Waals surface area contributed by atoms with Crippen molar-refractivity contribution < 1.29 is 13.9 Å². The molecule has 1 saturated heterocycles. The summed E-state index contributed by atoms with van der Waals surface area (Å²) in [4.78, 5) is 14.4. The van der Waals surface area contributed by atoms with E-state index in [1.807, 2.05) is 23.1 Å². The lowest BCUT2D eigenvalue weighted by Crippen LogP contribution is -2.29. The Morgan fingerprint density at radius 3 is 2.54 bits per heavy atom. The van der Waals surface area contributed by atoms with Gasteiger partial charge in [-0.15, -0.1) is 0 Å². The molecule has 2 aromatic rings. The Labute approximate surface area is 153 Å². The van der Waals surface area contributed by atoms with Crippen LogP contribution < -0.4 is 10.5 Å². The number of rotatable bonds is 7. The van der Waals surface area contributed by atoms with Gasteiger partial charge in [-0.3, -0.25) is 4.79 Å². The van der Waals surface area contributed by atoms with Gasteiger partial charge in [-0.1, -0.05) is 30.3 Å². The Hall–Kier alpha value is -2.40. The molecule has 1 fully saturated rings. The van der Waals surface area contributed by atoms with Gasteiger partial charge in [-0.2, -0.15) is 0 Å². The van der Waals surface area contributed by atoms with E-state index in [-0.39, 0.29) is 11.7 Å². The summed E-state index contributed by atoms with van der Waals surface area (Å²) >= 11 is 0. The highest BCUT2D eigenvalue weighted by Crippen LogP contribution is 2.32. The fraction of sp³-hybridized carbons (Fsp3) is 0.381. The number of halogens is 1. The number of carbonyl (C=O) groups is 1. The van der Waals surface area contributed by atoms with Crippen LogP contribution in [0.5, 0.6) is 5.75 Å². The van der Waals surface area contributed by atoms with Crippen LogP contribution in [-0.4, -0.2) is 37.0 Å². The molecule has 138 valence electrons. The number of hydrogen-bond donors (Lipinski definition) is 1. The van der Waals surface area contributed by atoms with Gasteiger partial charge in [0.25, 0.3) is 0 Å². The van der Waals surface area contributed by atoms with Crippen LogP contribution in [0.4, 0.5) is 4.39 Å². The second-order valence-corrected chi connectivity index (χ2v) is 6.72. The number of likely N-dealkylation sites (tertiary alicyclic amines) is 1. The number of benzene rings is 2. The summed E-state index contributed by atoms with van der Waals surface area (Å²) in [5.41, 5.74) is 7.18. The van der Waals surface area contributed by atoms with E-state index in [9.17, 15) is 9.18 Å². The number of nitrogens with zero attached hydrogens (tertiary/aromatic N) is 1. The molecule has 3 rings (SSSR count). The van der Waals surface area contributed by atoms with Crippen LogP contribution in [0.15, 0.2) is 54.6 Å². The van der Waals surface area contributed by atoms with Crippen molar-refractivity contribution in [1.29, 1.82) is 0 Å². The van der Waals surface area contributed by atoms with Crippen molar-refractivity contribution in [3.8, 4) is 5.75 Å². The van der Waals surface area contributed by atoms with Crippen molar-refractivity contribution in [2.75, 3.05) is 26.2 Å². The molecule has 26 heavy (non-hydrogen) atoms. The maximum atomic E-state index is 12.9. The van der Waals surface area contributed by atoms with Crippen LogP contribution in [0, 0.1) is 11.7 Å². The molecule has 0 spiro atoms. The second-order valence-electron chi connectivity index (χ2n) is 6.72. The van der Waals surface area contributed by atoms with Crippen LogP contribution in [0.1, 0.15) is 24.3 Å². The maximum absolute atomic E-state index is 12.9. The molecule has 0 saturated carbocycles. The molecule has 0 bridgehead atoms. The maximum Gasteiger partial charge on any atom is 0.222 e. The molecule has 1 amide bonds. The van der Waals surface area contributed by atoms with E-state index in [1.54, 1.807) is 12.1 Å². The van der Waals surface area contributed by atoms with Crippen LogP contribution in [-0.2, 0) is 4.79 Å². The SMILES string of the molecule is NC[C@@H]1CN(C(=O)CCCOc2ccc(F)cc2)C[C@H]1c1ccccc1. The Bertz CT molecular complexity index is 706. The third kappa shape index (κ3) is 4.61. The second kappa shape index (κ2) is 8.81. The normalized spacial score (nSPS) is 19.5. The number of amides is 1. The summed E-state index contributed by atoms with van der Waals surface area (Å²) in [5.74, 6) is 1.08. The van der Waals surface area contributed by atoms with Crippen molar-refractivity contribution in [2.45, 2.75) is 18.8 Å². The summed E-state index contributed by atoms with van der Waals surface area (Å²) in [7, 11) is 0. The van der Waals surface area contributed by atoms with Crippen molar-refractivity contribution in [3.63, 3.8) is 0 Å². The fourth-order valence-electron chi connectivity index (χ4n) is 3.49. The summed E-state index contributed by atoms with van der Waals surface area (Å²) in [5, 5.41) is 0. The average Bonchev–Trinajstić information content (AvgIpc) is 3.12. The molecule has 0 aromatic heterocycles. The number of nitrogens with two attached hydrogens (primary N) is 1. The molecule has 4 nitrogen and oxygen atoms in total. The zero-order chi connectivity index (χ0) is 18.4. The van der Waals surface area contributed by atoms with E-state index in [0.717, 1.165) is 6.54 Å². The Morgan fingerprint density at radius 1 is 1.12 bits per heavy atom. The van der Waals surface area contributed by atoms with E-state index < -0.39 is 0 Å². The molecule has 2 N–H and O–H groups in total. The first kappa shape index (κ1) is 18.4. The summed E-state index contributed by atoms with van der Waals surface area (Å²) in [6, 6.07) is 16.2. The number of ether oxygens (including phenoxy) is 1. The largest absolute Gasteiger partial charge is 0.494 e. The Kier molecular flexibility index (Phi) is 6.23. The molecule has 1 aliphatic heterocycles. The van der Waals surface area contributed by atoms with Crippen molar-refractivity contribution >= 4 is 5.91 Å². The fourth-order valence-corrected chi connectivity index (χ4v) is 3.49. The van der Waals surface area contributed by atoms with E-state index in [1.165, 1.54) is 17.7 Å². The third-order valence-electron chi connectivity index (χ3n) is 4.94. The molecule has 0 unspecified atom stereocenters. The van der Waals surface area contributed by atoms with Gasteiger partial charge in [-0.25, -0.2) is 4.39 Å². The highest BCUT2D eigenvalue weighted by Gasteiger charge is 2.34. The third-order valence-corrected chi connectivity index (χ3v) is 4.94. The minimum absolute atomic E-state index is 0.143. The highest BCUT2D eigenvalue weighted by atomic mass is 19.1. The van der Waals surface area contributed by atoms with Crippen molar-refractivity contribution in [1.82, 2.24) is 4.90 Å². The van der Waals surface area contributed by atoms with Gasteiger partial charge in [0.2, 0.25) is 5.91 Å². The molecular weight excluding hydrogens is 331 g/mol. The quantitative estimate of drug-likeness (QED) is 0.775. The first-order valence-corrected chi connectivity index (χ1v) is 9.08. The van der Waals surface area contributed by atoms with Gasteiger partial charge in [0, 0.05) is 25.4 Å². The number of hydrogen-bond acceptors (Lipinski definition) is 3. The van der Waals surface area contributed by atoms with Crippen LogP contribution in [0.2, 0.25) is 0 Å². The van der Waals surface area contributed by atoms with E-state index in [0.29, 0.717) is 50.1 Å². The highest BCUT2D eigenvalue weighted by molar-refractivity contribution is 5.76. The first-order chi connectivity index (χ1) is 12.7. The molecule has 5 heteroatoms. The lowest BCUT2D eigenvalue weighted by molar-refractivity contribution is -0.130. The molecule has 2 atom stereocenters. The molecule has 1 aliphatic rings. The van der Waals surface area contributed by atoms with Crippen LogP contribution >= 0.6 is 0 Å². The van der Waals surface area contributed by atoms with Gasteiger partial charge in [-0.05, 0) is 48.7 Å². The predicted octanol–water partition coefficient (Wildman–Crippen LogP) is 3.19.